The van der Waals surface area contributed by atoms with Gasteiger partial charge in [-0.05, 0) is 0 Å². The molecule has 1 radical (unpaired) electrons. The Morgan fingerprint density at radius 3 is 1.60 bits per heavy atom. The standard InChI is InChI=1S/CH2O2.Cu.H2N/c2-1-3;;/h1H,(H,2,3);;1H2/q;+2;-1/p-1. The number of hydrogen-bond donors (Lipinski definition) is 0. The molecule has 4 heteroatoms. The van der Waals surface area contributed by atoms with Crippen molar-refractivity contribution in [2.75, 3.05) is 0 Å². The van der Waals surface area contributed by atoms with Crippen LogP contribution in [0, 0.1) is 0 Å². The summed E-state index contributed by atoms with van der Waals surface area (Å²) in [5.41, 5.74) is 0. The smallest absolute Gasteiger partial charge is 0.693 e. The van der Waals surface area contributed by atoms with Gasteiger partial charge < -0.3 is 16.1 Å². The van der Waals surface area contributed by atoms with Crippen LogP contribution < -0.4 is 5.11 Å². The van der Waals surface area contributed by atoms with Crippen LogP contribution in [0.1, 0.15) is 0 Å². The Balaban J connectivity index is -0.0000000200. The number of nitrogens with two attached hydrogens (primary N) is 1. The van der Waals surface area contributed by atoms with Crippen molar-refractivity contribution in [2.45, 2.75) is 0 Å². The third-order valence-corrected chi connectivity index (χ3v) is 0. The second-order valence-corrected chi connectivity index (χ2v) is 0.0962. The first-order chi connectivity index (χ1) is 1.41. The zero-order valence-corrected chi connectivity index (χ0v) is 3.21. The van der Waals surface area contributed by atoms with Crippen LogP contribution in [0.4, 0.5) is 0 Å². The van der Waals surface area contributed by atoms with Crippen LogP contribution in [0.5, 0.6) is 0 Å². The summed E-state index contributed by atoms with van der Waals surface area (Å²) in [7, 11) is 0. The summed E-state index contributed by atoms with van der Waals surface area (Å²) in [6.45, 7) is -0.500. The van der Waals surface area contributed by atoms with Crippen LogP contribution in [-0.4, -0.2) is 6.47 Å². The van der Waals surface area contributed by atoms with Crippen molar-refractivity contribution in [3.05, 3.63) is 6.15 Å². The molecule has 0 aliphatic carbocycles. The molecule has 35 valence electrons. The topological polar surface area (TPSA) is 73.6 Å². The Morgan fingerprint density at radius 2 is 1.60 bits per heavy atom. The molecule has 0 fully saturated rings. The van der Waals surface area contributed by atoms with Gasteiger partial charge in [0.25, 0.3) is 0 Å². The van der Waals surface area contributed by atoms with Crippen LogP contribution in [0.25, 0.3) is 6.15 Å². The zero-order chi connectivity index (χ0) is 2.71. The van der Waals surface area contributed by atoms with Gasteiger partial charge in [0.1, 0.15) is 0 Å². The van der Waals surface area contributed by atoms with E-state index < -0.39 is 6.47 Å². The number of carboxylic acid groups (broad SMARTS) is 1. The van der Waals surface area contributed by atoms with Crippen molar-refractivity contribution in [1.29, 1.82) is 0 Å². The molecule has 0 aliphatic rings. The second-order valence-electron chi connectivity index (χ2n) is 0.0962. The van der Waals surface area contributed by atoms with Crippen molar-refractivity contribution < 1.29 is 27.0 Å². The van der Waals surface area contributed by atoms with E-state index in [-0.39, 0.29) is 23.2 Å². The van der Waals surface area contributed by atoms with Crippen molar-refractivity contribution in [3.8, 4) is 0 Å². The predicted octanol–water partition coefficient (Wildman–Crippen LogP) is -0.919. The van der Waals surface area contributed by atoms with Crippen LogP contribution in [-0.2, 0) is 21.9 Å². The number of carbonyl (C=O) groups is 1. The minimum absolute atomic E-state index is 0. The summed E-state index contributed by atoms with van der Waals surface area (Å²) in [6.07, 6.45) is 0. The molecule has 0 saturated carbocycles. The van der Waals surface area contributed by atoms with E-state index in [1.54, 1.807) is 0 Å². The third-order valence-electron chi connectivity index (χ3n) is 0. The average molecular weight is 125 g/mol. The predicted molar refractivity (Wildman–Crippen MR) is 11.3 cm³/mol. The quantitative estimate of drug-likeness (QED) is 0.310. The van der Waals surface area contributed by atoms with Crippen molar-refractivity contribution in [3.63, 3.8) is 0 Å². The number of carbonyl (C=O) groups excluding carboxylic acids is 1. The van der Waals surface area contributed by atoms with E-state index in [0.717, 1.165) is 0 Å². The Labute approximate surface area is 40.4 Å². The van der Waals surface area contributed by atoms with E-state index in [0.29, 0.717) is 0 Å². The van der Waals surface area contributed by atoms with Crippen molar-refractivity contribution in [1.82, 2.24) is 0 Å². The number of hydrogen-bond acceptors (Lipinski definition) is 2. The van der Waals surface area contributed by atoms with Crippen molar-refractivity contribution >= 4 is 6.47 Å². The maximum absolute atomic E-state index is 8.25. The molecule has 0 heterocycles. The first-order valence-electron chi connectivity index (χ1n) is 0.471. The summed E-state index contributed by atoms with van der Waals surface area (Å²) in [4.78, 5) is 8.25. The molecular formula is CH3CuNO2. The summed E-state index contributed by atoms with van der Waals surface area (Å²) < 4.78 is 0. The van der Waals surface area contributed by atoms with Crippen molar-refractivity contribution in [2.24, 2.45) is 0 Å². The first-order valence-corrected chi connectivity index (χ1v) is 0.471. The van der Waals surface area contributed by atoms with E-state index in [2.05, 4.69) is 0 Å². The minimum atomic E-state index is -0.500. The Bertz CT molecular complexity index is 17.1. The van der Waals surface area contributed by atoms with Gasteiger partial charge in [-0.15, -0.1) is 0 Å². The zero-order valence-electron chi connectivity index (χ0n) is 2.27. The minimum Gasteiger partial charge on any atom is -0.693 e. The summed E-state index contributed by atoms with van der Waals surface area (Å²) in [5.74, 6) is 0. The van der Waals surface area contributed by atoms with Gasteiger partial charge >= 0.3 is 17.1 Å². The van der Waals surface area contributed by atoms with Crippen LogP contribution in [0.3, 0.4) is 0 Å². The molecule has 3 nitrogen and oxygen atoms in total. The molecule has 0 atom stereocenters. The Morgan fingerprint density at radius 1 is 1.60 bits per heavy atom. The normalized spacial score (nSPS) is 2.40. The molecule has 0 aromatic heterocycles. The SMILES string of the molecule is O=C[O-].[Cu+2].[NH2-]. The molecule has 0 saturated heterocycles. The maximum Gasteiger partial charge on any atom is 2.00 e. The summed E-state index contributed by atoms with van der Waals surface area (Å²) >= 11 is 0. The van der Waals surface area contributed by atoms with Gasteiger partial charge in [0.05, 0.1) is 0 Å². The van der Waals surface area contributed by atoms with Gasteiger partial charge in [0.2, 0.25) is 0 Å². The number of rotatable bonds is 0. The molecule has 0 bridgehead atoms. The molecule has 5 heavy (non-hydrogen) atoms. The van der Waals surface area contributed by atoms with Gasteiger partial charge in [-0.2, -0.15) is 0 Å². The fraction of sp³-hybridized carbons (Fsp3) is 0. The third kappa shape index (κ3) is 5880. The average Bonchev–Trinajstić information content (AvgIpc) is 0.918. The summed E-state index contributed by atoms with van der Waals surface area (Å²) in [5, 5.41) is 8.25. The van der Waals surface area contributed by atoms with Crippen LogP contribution in [0.15, 0.2) is 0 Å². The molecule has 0 spiro atoms. The van der Waals surface area contributed by atoms with E-state index in [4.69, 9.17) is 9.90 Å². The van der Waals surface area contributed by atoms with Gasteiger partial charge in [-0.1, -0.05) is 0 Å². The molecule has 0 unspecified atom stereocenters. The molecular weight excluding hydrogens is 122 g/mol. The Hall–Kier alpha value is -0.0505. The first kappa shape index (κ1) is 20.3. The molecule has 0 aliphatic heterocycles. The summed E-state index contributed by atoms with van der Waals surface area (Å²) in [6, 6.07) is 0. The van der Waals surface area contributed by atoms with Crippen LogP contribution >= 0.6 is 0 Å². The van der Waals surface area contributed by atoms with E-state index in [1.165, 1.54) is 0 Å². The molecule has 0 aromatic carbocycles. The fourth-order valence-corrected chi connectivity index (χ4v) is 0. The van der Waals surface area contributed by atoms with Gasteiger partial charge in [-0.25, -0.2) is 0 Å². The Kier molecular flexibility index (Phi) is 155. The largest absolute Gasteiger partial charge is 2.00 e. The van der Waals surface area contributed by atoms with E-state index in [9.17, 15) is 0 Å². The van der Waals surface area contributed by atoms with Crippen LogP contribution in [0.2, 0.25) is 0 Å². The van der Waals surface area contributed by atoms with E-state index >= 15 is 0 Å². The molecule has 0 rings (SSSR count). The second kappa shape index (κ2) is 38.1. The molecule has 0 aromatic rings. The van der Waals surface area contributed by atoms with Gasteiger partial charge in [-0.3, -0.25) is 0 Å². The molecule has 0 amide bonds. The van der Waals surface area contributed by atoms with E-state index in [1.807, 2.05) is 0 Å². The monoisotopic (exact) mass is 124 g/mol. The van der Waals surface area contributed by atoms with Gasteiger partial charge in [0, 0.05) is 6.47 Å². The van der Waals surface area contributed by atoms with Gasteiger partial charge in [0.15, 0.2) is 0 Å². The maximum atomic E-state index is 8.25. The fourth-order valence-electron chi connectivity index (χ4n) is 0. The molecule has 2 N–H and O–H groups in total.